The van der Waals surface area contributed by atoms with Crippen molar-refractivity contribution in [1.29, 1.82) is 0 Å². The Kier molecular flexibility index (Phi) is 8.17. The predicted octanol–water partition coefficient (Wildman–Crippen LogP) is 3.36. The summed E-state index contributed by atoms with van der Waals surface area (Å²) in [5.74, 6) is 1.42. The summed E-state index contributed by atoms with van der Waals surface area (Å²) in [5.41, 5.74) is 7.07. The van der Waals surface area contributed by atoms with E-state index in [9.17, 15) is 0 Å². The third-order valence-corrected chi connectivity index (χ3v) is 3.66. The van der Waals surface area contributed by atoms with Crippen LogP contribution in [0.15, 0.2) is 24.3 Å². The molecule has 0 aromatic heterocycles. The van der Waals surface area contributed by atoms with E-state index in [1.165, 1.54) is 5.56 Å². The first-order valence-corrected chi connectivity index (χ1v) is 7.08. The highest BCUT2D eigenvalue weighted by Crippen LogP contribution is 2.18. The van der Waals surface area contributed by atoms with E-state index in [1.54, 1.807) is 0 Å². The quantitative estimate of drug-likeness (QED) is 0.812. The summed E-state index contributed by atoms with van der Waals surface area (Å²) in [5, 5.41) is 3.56. The number of nitrogens with two attached hydrogens (primary N) is 1. The molecule has 1 aromatic rings. The lowest BCUT2D eigenvalue weighted by atomic mass is 9.88. The Labute approximate surface area is 129 Å². The molecule has 3 N–H and O–H groups in total. The van der Waals surface area contributed by atoms with Crippen molar-refractivity contribution in [2.45, 2.75) is 52.8 Å². The molecule has 1 aromatic carbocycles. The van der Waals surface area contributed by atoms with Gasteiger partial charge in [-0.05, 0) is 44.4 Å². The van der Waals surface area contributed by atoms with Crippen LogP contribution in [-0.4, -0.2) is 18.2 Å². The van der Waals surface area contributed by atoms with Crippen molar-refractivity contribution in [1.82, 2.24) is 5.32 Å². The fraction of sp³-hybridized carbons (Fsp3) is 0.625. The second-order valence-electron chi connectivity index (χ2n) is 5.94. The maximum Gasteiger partial charge on any atom is 0.120 e. The lowest BCUT2D eigenvalue weighted by Gasteiger charge is -2.34. The normalized spacial score (nSPS) is 14.0. The lowest BCUT2D eigenvalue weighted by Crippen LogP contribution is -2.52. The summed E-state index contributed by atoms with van der Waals surface area (Å²) in [6, 6.07) is 8.22. The molecule has 20 heavy (non-hydrogen) atoms. The van der Waals surface area contributed by atoms with Gasteiger partial charge in [-0.25, -0.2) is 0 Å². The zero-order valence-corrected chi connectivity index (χ0v) is 14.1. The van der Waals surface area contributed by atoms with E-state index in [2.05, 4.69) is 38.2 Å². The fourth-order valence-corrected chi connectivity index (χ4v) is 1.82. The Hall–Kier alpha value is -0.770. The van der Waals surface area contributed by atoms with Gasteiger partial charge in [-0.1, -0.05) is 26.0 Å². The first-order chi connectivity index (χ1) is 8.87. The van der Waals surface area contributed by atoms with Gasteiger partial charge < -0.3 is 15.8 Å². The van der Waals surface area contributed by atoms with Crippen LogP contribution in [0.2, 0.25) is 0 Å². The molecule has 0 fully saturated rings. The van der Waals surface area contributed by atoms with Crippen LogP contribution < -0.4 is 15.8 Å². The van der Waals surface area contributed by atoms with Crippen molar-refractivity contribution < 1.29 is 4.74 Å². The van der Waals surface area contributed by atoms with Crippen LogP contribution in [0.4, 0.5) is 0 Å². The zero-order chi connectivity index (χ0) is 14.5. The third-order valence-electron chi connectivity index (χ3n) is 3.66. The maximum absolute atomic E-state index is 5.88. The first kappa shape index (κ1) is 19.2. The molecule has 0 radical (unpaired) electrons. The molecule has 0 aliphatic heterocycles. The molecule has 0 aliphatic carbocycles. The van der Waals surface area contributed by atoms with Crippen molar-refractivity contribution in [3.63, 3.8) is 0 Å². The van der Waals surface area contributed by atoms with E-state index < -0.39 is 0 Å². The smallest absolute Gasteiger partial charge is 0.120 e. The molecular weight excluding hydrogens is 272 g/mol. The van der Waals surface area contributed by atoms with Crippen molar-refractivity contribution in [3.8, 4) is 5.75 Å². The van der Waals surface area contributed by atoms with Gasteiger partial charge in [-0.2, -0.15) is 0 Å². The minimum Gasteiger partial charge on any atom is -0.491 e. The van der Waals surface area contributed by atoms with Crippen molar-refractivity contribution in [2.75, 3.05) is 6.54 Å². The summed E-state index contributed by atoms with van der Waals surface area (Å²) in [6.45, 7) is 12.1. The summed E-state index contributed by atoms with van der Waals surface area (Å²) in [7, 11) is 0. The number of benzene rings is 1. The largest absolute Gasteiger partial charge is 0.491 e. The average molecular weight is 301 g/mol. The average Bonchev–Trinajstić information content (AvgIpc) is 2.35. The molecule has 3 nitrogen and oxygen atoms in total. The van der Waals surface area contributed by atoms with E-state index in [-0.39, 0.29) is 24.0 Å². The number of hydrogen-bond acceptors (Lipinski definition) is 3. The molecule has 0 heterocycles. The van der Waals surface area contributed by atoms with E-state index in [0.717, 1.165) is 12.3 Å². The van der Waals surface area contributed by atoms with Gasteiger partial charge in [0.05, 0.1) is 6.10 Å². The number of ether oxygens (including phenoxy) is 1. The van der Waals surface area contributed by atoms with Crippen molar-refractivity contribution in [2.24, 2.45) is 11.7 Å². The molecule has 4 heteroatoms. The maximum atomic E-state index is 5.88. The van der Waals surface area contributed by atoms with Crippen LogP contribution in [0.25, 0.3) is 0 Å². The van der Waals surface area contributed by atoms with Gasteiger partial charge in [0.25, 0.3) is 0 Å². The Morgan fingerprint density at radius 2 is 1.90 bits per heavy atom. The molecule has 1 rings (SSSR count). The van der Waals surface area contributed by atoms with Crippen LogP contribution in [0.5, 0.6) is 5.75 Å². The second-order valence-corrected chi connectivity index (χ2v) is 5.94. The van der Waals surface area contributed by atoms with E-state index >= 15 is 0 Å². The molecule has 0 spiro atoms. The van der Waals surface area contributed by atoms with E-state index in [4.69, 9.17) is 10.5 Å². The van der Waals surface area contributed by atoms with Crippen LogP contribution in [0.1, 0.15) is 40.2 Å². The highest BCUT2D eigenvalue weighted by atomic mass is 35.5. The Balaban J connectivity index is 0.00000361. The predicted molar refractivity (Wildman–Crippen MR) is 88.6 cm³/mol. The van der Waals surface area contributed by atoms with Crippen LogP contribution in [0.3, 0.4) is 0 Å². The molecule has 0 saturated carbocycles. The van der Waals surface area contributed by atoms with Crippen LogP contribution in [-0.2, 0) is 6.54 Å². The molecule has 1 unspecified atom stereocenters. The number of nitrogens with one attached hydrogen (secondary N) is 1. The highest BCUT2D eigenvalue weighted by Gasteiger charge is 2.25. The Morgan fingerprint density at radius 3 is 2.40 bits per heavy atom. The second kappa shape index (κ2) is 8.50. The van der Waals surface area contributed by atoms with Gasteiger partial charge in [0.1, 0.15) is 5.75 Å². The van der Waals surface area contributed by atoms with Gasteiger partial charge in [-0.15, -0.1) is 12.4 Å². The van der Waals surface area contributed by atoms with Gasteiger partial charge in [-0.3, -0.25) is 0 Å². The zero-order valence-electron chi connectivity index (χ0n) is 13.3. The molecule has 0 saturated heterocycles. The van der Waals surface area contributed by atoms with E-state index in [1.807, 2.05) is 26.0 Å². The summed E-state index contributed by atoms with van der Waals surface area (Å²) in [6.07, 6.45) is 0.202. The van der Waals surface area contributed by atoms with Crippen LogP contribution >= 0.6 is 12.4 Å². The molecule has 1 atom stereocenters. The van der Waals surface area contributed by atoms with Crippen LogP contribution in [0, 0.1) is 5.92 Å². The molecule has 0 bridgehead atoms. The van der Waals surface area contributed by atoms with Gasteiger partial charge in [0, 0.05) is 18.6 Å². The highest BCUT2D eigenvalue weighted by molar-refractivity contribution is 5.85. The number of rotatable bonds is 7. The van der Waals surface area contributed by atoms with Crippen molar-refractivity contribution in [3.05, 3.63) is 29.8 Å². The Bertz CT molecular complexity index is 396. The minimum atomic E-state index is -0.0328. The SMILES string of the molecule is CC(C)Oc1cccc(CNC(C)(CN)C(C)C)c1.Cl. The van der Waals surface area contributed by atoms with Gasteiger partial charge in [0.15, 0.2) is 0 Å². The topological polar surface area (TPSA) is 47.3 Å². The first-order valence-electron chi connectivity index (χ1n) is 7.08. The standard InChI is InChI=1S/C16H28N2O.ClH/c1-12(2)16(5,11-17)18-10-14-7-6-8-15(9-14)19-13(3)4;/h6-9,12-13,18H,10-11,17H2,1-5H3;1H. The Morgan fingerprint density at radius 1 is 1.25 bits per heavy atom. The lowest BCUT2D eigenvalue weighted by molar-refractivity contribution is 0.241. The molecule has 0 amide bonds. The molecule has 0 aliphatic rings. The number of hydrogen-bond donors (Lipinski definition) is 2. The third kappa shape index (κ3) is 5.70. The minimum absolute atomic E-state index is 0. The van der Waals surface area contributed by atoms with Gasteiger partial charge >= 0.3 is 0 Å². The van der Waals surface area contributed by atoms with Crippen molar-refractivity contribution >= 4 is 12.4 Å². The summed E-state index contributed by atoms with van der Waals surface area (Å²) < 4.78 is 5.71. The van der Waals surface area contributed by atoms with E-state index in [0.29, 0.717) is 12.5 Å². The monoisotopic (exact) mass is 300 g/mol. The fourth-order valence-electron chi connectivity index (χ4n) is 1.82. The molecular formula is C16H29ClN2O. The number of halogens is 1. The summed E-state index contributed by atoms with van der Waals surface area (Å²) >= 11 is 0. The molecule has 116 valence electrons. The summed E-state index contributed by atoms with van der Waals surface area (Å²) in [4.78, 5) is 0. The van der Waals surface area contributed by atoms with Gasteiger partial charge in [0.2, 0.25) is 0 Å².